The van der Waals surface area contributed by atoms with Gasteiger partial charge in [0.25, 0.3) is 0 Å². The van der Waals surface area contributed by atoms with Crippen LogP contribution in [0.1, 0.15) is 25.3 Å². The minimum atomic E-state index is -1.65. The van der Waals surface area contributed by atoms with E-state index in [4.69, 9.17) is 0 Å². The fourth-order valence-corrected chi connectivity index (χ4v) is 4.16. The van der Waals surface area contributed by atoms with Crippen LogP contribution in [0.4, 0.5) is 14.6 Å². The molecule has 3 aromatic rings. The third kappa shape index (κ3) is 4.72. The van der Waals surface area contributed by atoms with Gasteiger partial charge in [0.2, 0.25) is 0 Å². The highest BCUT2D eigenvalue weighted by molar-refractivity contribution is 5.38. The summed E-state index contributed by atoms with van der Waals surface area (Å²) >= 11 is 0. The lowest BCUT2D eigenvalue weighted by atomic mass is 9.85. The molecule has 3 heterocycles. The van der Waals surface area contributed by atoms with Gasteiger partial charge in [0.05, 0.1) is 6.54 Å². The highest BCUT2D eigenvalue weighted by atomic mass is 19.1. The Morgan fingerprint density at radius 2 is 2.03 bits per heavy atom. The van der Waals surface area contributed by atoms with E-state index in [1.165, 1.54) is 23.4 Å². The molecule has 31 heavy (non-hydrogen) atoms. The molecule has 0 radical (unpaired) electrons. The SMILES string of the molecule is C[C@@H](NC1CCN(c2ccccn2)CC1)[C@](O)(Cn1cncn1)c1ccc(F)cc1F. The van der Waals surface area contributed by atoms with Crippen LogP contribution < -0.4 is 10.2 Å². The monoisotopic (exact) mass is 428 g/mol. The second-order valence-corrected chi connectivity index (χ2v) is 7.98. The van der Waals surface area contributed by atoms with Gasteiger partial charge in [-0.2, -0.15) is 5.10 Å². The first-order valence-electron chi connectivity index (χ1n) is 10.4. The van der Waals surface area contributed by atoms with Crippen LogP contribution >= 0.6 is 0 Å². The zero-order valence-electron chi connectivity index (χ0n) is 17.3. The van der Waals surface area contributed by atoms with Gasteiger partial charge < -0.3 is 15.3 Å². The Morgan fingerprint density at radius 1 is 1.23 bits per heavy atom. The van der Waals surface area contributed by atoms with E-state index in [0.717, 1.165) is 43.9 Å². The van der Waals surface area contributed by atoms with Crippen LogP contribution in [0.25, 0.3) is 0 Å². The fourth-order valence-electron chi connectivity index (χ4n) is 4.16. The lowest BCUT2D eigenvalue weighted by molar-refractivity contribution is -0.0242. The number of benzene rings is 1. The second-order valence-electron chi connectivity index (χ2n) is 7.98. The van der Waals surface area contributed by atoms with E-state index in [9.17, 15) is 13.9 Å². The standard InChI is InChI=1S/C22H26F2N6O/c1-16(28-18-7-10-29(11-8-18)21-4-2-3-9-26-21)22(31,13-30-15-25-14-27-30)19-6-5-17(23)12-20(19)24/h2-6,9,12,14-16,18,28,31H,7-8,10-11,13H2,1H3/t16-,22-/m1/s1. The van der Waals surface area contributed by atoms with Crippen LogP contribution in [0.2, 0.25) is 0 Å². The molecule has 0 bridgehead atoms. The van der Waals surface area contributed by atoms with Gasteiger partial charge in [-0.15, -0.1) is 0 Å². The number of rotatable bonds is 7. The third-order valence-corrected chi connectivity index (χ3v) is 5.94. The number of anilines is 1. The molecule has 1 saturated heterocycles. The van der Waals surface area contributed by atoms with Crippen LogP contribution in [0.5, 0.6) is 0 Å². The predicted molar refractivity (Wildman–Crippen MR) is 112 cm³/mol. The number of aliphatic hydroxyl groups is 1. The van der Waals surface area contributed by atoms with Gasteiger partial charge in [0, 0.05) is 43.0 Å². The van der Waals surface area contributed by atoms with Gasteiger partial charge in [-0.3, -0.25) is 0 Å². The van der Waals surface area contributed by atoms with Crippen molar-refractivity contribution >= 4 is 5.82 Å². The van der Waals surface area contributed by atoms with Crippen molar-refractivity contribution in [1.29, 1.82) is 0 Å². The van der Waals surface area contributed by atoms with Crippen LogP contribution in [0, 0.1) is 11.6 Å². The predicted octanol–water partition coefficient (Wildman–Crippen LogP) is 2.49. The Balaban J connectivity index is 1.49. The van der Waals surface area contributed by atoms with Crippen molar-refractivity contribution in [3.8, 4) is 0 Å². The third-order valence-electron chi connectivity index (χ3n) is 5.94. The molecule has 9 heteroatoms. The van der Waals surface area contributed by atoms with Crippen LogP contribution in [0.3, 0.4) is 0 Å². The fraction of sp³-hybridized carbons (Fsp3) is 0.409. The molecule has 2 atom stereocenters. The summed E-state index contributed by atoms with van der Waals surface area (Å²) in [5.41, 5.74) is -1.63. The Bertz CT molecular complexity index is 979. The summed E-state index contributed by atoms with van der Waals surface area (Å²) in [7, 11) is 0. The molecule has 2 aromatic heterocycles. The quantitative estimate of drug-likeness (QED) is 0.602. The zero-order valence-corrected chi connectivity index (χ0v) is 17.3. The van der Waals surface area contributed by atoms with Crippen molar-refractivity contribution in [2.75, 3.05) is 18.0 Å². The molecular weight excluding hydrogens is 402 g/mol. The maximum absolute atomic E-state index is 14.7. The molecule has 0 saturated carbocycles. The van der Waals surface area contributed by atoms with Crippen LogP contribution in [-0.2, 0) is 12.1 Å². The molecular formula is C22H26F2N6O. The molecule has 0 aliphatic carbocycles. The number of nitrogens with zero attached hydrogens (tertiary/aromatic N) is 5. The number of piperidine rings is 1. The number of hydrogen-bond donors (Lipinski definition) is 2. The van der Waals surface area contributed by atoms with Gasteiger partial charge in [-0.05, 0) is 38.0 Å². The van der Waals surface area contributed by atoms with E-state index >= 15 is 0 Å². The molecule has 1 aliphatic rings. The average Bonchev–Trinajstić information content (AvgIpc) is 3.27. The maximum atomic E-state index is 14.7. The molecule has 0 unspecified atom stereocenters. The number of nitrogens with one attached hydrogen (secondary N) is 1. The molecule has 4 rings (SSSR count). The zero-order chi connectivity index (χ0) is 21.8. The van der Waals surface area contributed by atoms with E-state index in [1.807, 2.05) is 25.1 Å². The highest BCUT2D eigenvalue weighted by Gasteiger charge is 2.40. The minimum Gasteiger partial charge on any atom is -0.381 e. The Labute approximate surface area is 179 Å². The van der Waals surface area contributed by atoms with Gasteiger partial charge in [0.15, 0.2) is 0 Å². The lowest BCUT2D eigenvalue weighted by Gasteiger charge is -2.40. The van der Waals surface area contributed by atoms with E-state index in [2.05, 4.69) is 25.3 Å². The first-order chi connectivity index (χ1) is 15.0. The molecule has 7 nitrogen and oxygen atoms in total. The molecule has 164 valence electrons. The van der Waals surface area contributed by atoms with E-state index in [1.54, 1.807) is 6.20 Å². The van der Waals surface area contributed by atoms with E-state index < -0.39 is 23.3 Å². The molecule has 1 fully saturated rings. The van der Waals surface area contributed by atoms with Gasteiger partial charge in [0.1, 0.15) is 35.7 Å². The van der Waals surface area contributed by atoms with Crippen molar-refractivity contribution in [1.82, 2.24) is 25.1 Å². The molecule has 1 aromatic carbocycles. The van der Waals surface area contributed by atoms with Crippen LogP contribution in [-0.4, -0.2) is 50.0 Å². The molecule has 0 amide bonds. The summed E-state index contributed by atoms with van der Waals surface area (Å²) in [6.45, 7) is 3.45. The smallest absolute Gasteiger partial charge is 0.137 e. The highest BCUT2D eigenvalue weighted by Crippen LogP contribution is 2.31. The van der Waals surface area contributed by atoms with Gasteiger partial charge in [-0.1, -0.05) is 12.1 Å². The normalized spacial score (nSPS) is 18.0. The molecule has 2 N–H and O–H groups in total. The summed E-state index contributed by atoms with van der Waals surface area (Å²) in [4.78, 5) is 10.5. The van der Waals surface area contributed by atoms with Crippen molar-refractivity contribution in [3.63, 3.8) is 0 Å². The lowest BCUT2D eigenvalue weighted by Crippen LogP contribution is -2.55. The number of pyridine rings is 1. The van der Waals surface area contributed by atoms with Crippen molar-refractivity contribution in [3.05, 3.63) is 72.4 Å². The van der Waals surface area contributed by atoms with Crippen molar-refractivity contribution in [2.24, 2.45) is 0 Å². The topological polar surface area (TPSA) is 79.1 Å². The first kappa shape index (κ1) is 21.3. The summed E-state index contributed by atoms with van der Waals surface area (Å²) in [5, 5.41) is 19.1. The largest absolute Gasteiger partial charge is 0.381 e. The minimum absolute atomic E-state index is 0.0174. The Kier molecular flexibility index (Phi) is 6.24. The molecule has 0 spiro atoms. The molecule has 1 aliphatic heterocycles. The Morgan fingerprint density at radius 3 is 2.68 bits per heavy atom. The Hall–Kier alpha value is -2.91. The van der Waals surface area contributed by atoms with Gasteiger partial charge >= 0.3 is 0 Å². The maximum Gasteiger partial charge on any atom is 0.137 e. The van der Waals surface area contributed by atoms with Crippen molar-refractivity contribution in [2.45, 2.75) is 44.0 Å². The summed E-state index contributed by atoms with van der Waals surface area (Å²) in [6.07, 6.45) is 6.30. The average molecular weight is 428 g/mol. The van der Waals surface area contributed by atoms with Crippen molar-refractivity contribution < 1.29 is 13.9 Å². The number of hydrogen-bond acceptors (Lipinski definition) is 6. The second kappa shape index (κ2) is 9.07. The summed E-state index contributed by atoms with van der Waals surface area (Å²) in [6, 6.07) is 8.71. The number of aromatic nitrogens is 4. The van der Waals surface area contributed by atoms with E-state index in [-0.39, 0.29) is 18.2 Å². The number of halogens is 2. The van der Waals surface area contributed by atoms with Gasteiger partial charge in [-0.25, -0.2) is 23.4 Å². The van der Waals surface area contributed by atoms with E-state index in [0.29, 0.717) is 0 Å². The summed E-state index contributed by atoms with van der Waals surface area (Å²) in [5.74, 6) is -0.529. The summed E-state index contributed by atoms with van der Waals surface area (Å²) < 4.78 is 29.6. The van der Waals surface area contributed by atoms with Crippen LogP contribution in [0.15, 0.2) is 55.2 Å². The first-order valence-corrected chi connectivity index (χ1v) is 10.4.